The normalized spacial score (nSPS) is 21.2. The molecule has 2 rings (SSSR count). The highest BCUT2D eigenvalue weighted by atomic mass is 35.5. The summed E-state index contributed by atoms with van der Waals surface area (Å²) in [6, 6.07) is 3.35. The lowest BCUT2D eigenvalue weighted by atomic mass is 9.97. The largest absolute Gasteiger partial charge is 0.508 e. The Labute approximate surface area is 86.5 Å². The number of benzene rings is 1. The molecule has 13 heavy (non-hydrogen) atoms. The van der Waals surface area contributed by atoms with Crippen LogP contribution in [0.25, 0.3) is 0 Å². The molecule has 0 amide bonds. The van der Waals surface area contributed by atoms with E-state index in [0.29, 0.717) is 10.0 Å². The maximum absolute atomic E-state index is 9.60. The predicted octanol–water partition coefficient (Wildman–Crippen LogP) is 2.73. The third-order valence-corrected chi connectivity index (χ3v) is 2.78. The van der Waals surface area contributed by atoms with Gasteiger partial charge in [-0.2, -0.15) is 0 Å². The second-order valence-electron chi connectivity index (χ2n) is 3.12. The molecule has 4 heteroatoms. The van der Waals surface area contributed by atoms with Crippen molar-refractivity contribution >= 4 is 23.2 Å². The van der Waals surface area contributed by atoms with Crippen LogP contribution in [0.2, 0.25) is 10.0 Å². The minimum atomic E-state index is 0.176. The summed E-state index contributed by atoms with van der Waals surface area (Å²) in [4.78, 5) is 0. The number of aromatic hydroxyl groups is 1. The Bertz CT molecular complexity index is 313. The molecule has 2 nitrogen and oxygen atoms in total. The minimum Gasteiger partial charge on any atom is -0.508 e. The van der Waals surface area contributed by atoms with Gasteiger partial charge >= 0.3 is 0 Å². The molecule has 0 spiro atoms. The van der Waals surface area contributed by atoms with Gasteiger partial charge in [0.25, 0.3) is 0 Å². The molecular weight excluding hydrogens is 209 g/mol. The van der Waals surface area contributed by atoms with Crippen molar-refractivity contribution in [3.8, 4) is 5.75 Å². The van der Waals surface area contributed by atoms with Crippen molar-refractivity contribution in [3.63, 3.8) is 0 Å². The third-order valence-electron chi connectivity index (χ3n) is 2.24. The van der Waals surface area contributed by atoms with E-state index in [9.17, 15) is 5.11 Å². The maximum Gasteiger partial charge on any atom is 0.123 e. The molecule has 0 bridgehead atoms. The Balaban J connectivity index is 2.43. The summed E-state index contributed by atoms with van der Waals surface area (Å²) < 4.78 is 0. The molecule has 1 aromatic carbocycles. The Hall–Kier alpha value is -0.440. The number of hydrogen-bond acceptors (Lipinski definition) is 2. The summed E-state index contributed by atoms with van der Waals surface area (Å²) in [5.74, 6) is 0.176. The highest BCUT2D eigenvalue weighted by Gasteiger charge is 2.24. The van der Waals surface area contributed by atoms with Crippen molar-refractivity contribution < 1.29 is 5.11 Å². The summed E-state index contributed by atoms with van der Waals surface area (Å²) in [5, 5.41) is 13.8. The van der Waals surface area contributed by atoms with Gasteiger partial charge in [-0.05, 0) is 25.1 Å². The van der Waals surface area contributed by atoms with E-state index in [4.69, 9.17) is 23.2 Å². The first-order valence-electron chi connectivity index (χ1n) is 4.10. The van der Waals surface area contributed by atoms with Crippen LogP contribution in [0.4, 0.5) is 0 Å². The topological polar surface area (TPSA) is 32.3 Å². The first-order valence-corrected chi connectivity index (χ1v) is 4.85. The van der Waals surface area contributed by atoms with Crippen LogP contribution < -0.4 is 5.32 Å². The fraction of sp³-hybridized carbons (Fsp3) is 0.333. The fourth-order valence-corrected chi connectivity index (χ4v) is 2.07. The van der Waals surface area contributed by atoms with E-state index >= 15 is 0 Å². The van der Waals surface area contributed by atoms with Crippen LogP contribution in [0.3, 0.4) is 0 Å². The predicted molar refractivity (Wildman–Crippen MR) is 53.5 cm³/mol. The van der Waals surface area contributed by atoms with E-state index in [2.05, 4.69) is 5.32 Å². The Morgan fingerprint density at radius 3 is 2.54 bits per heavy atom. The smallest absolute Gasteiger partial charge is 0.123 e. The molecule has 70 valence electrons. The third kappa shape index (κ3) is 1.62. The number of rotatable bonds is 1. The molecule has 0 unspecified atom stereocenters. The summed E-state index contributed by atoms with van der Waals surface area (Å²) in [5.41, 5.74) is 0.761. The zero-order chi connectivity index (χ0) is 9.42. The number of phenols is 1. The summed E-state index contributed by atoms with van der Waals surface area (Å²) in [7, 11) is 0. The number of nitrogens with one attached hydrogen (secondary N) is 1. The molecule has 2 N–H and O–H groups in total. The molecule has 0 radical (unpaired) electrons. The van der Waals surface area contributed by atoms with E-state index in [0.717, 1.165) is 18.5 Å². The van der Waals surface area contributed by atoms with Gasteiger partial charge in [0.05, 0.1) is 5.02 Å². The lowest BCUT2D eigenvalue weighted by Crippen LogP contribution is -2.35. The second kappa shape index (κ2) is 3.37. The number of halogens is 2. The number of phenolic OH excluding ortho intramolecular Hbond substituents is 1. The molecule has 0 aliphatic carbocycles. The minimum absolute atomic E-state index is 0.176. The molecule has 1 atom stereocenters. The van der Waals surface area contributed by atoms with E-state index in [1.54, 1.807) is 6.07 Å². The van der Waals surface area contributed by atoms with Gasteiger partial charge < -0.3 is 10.4 Å². The van der Waals surface area contributed by atoms with Crippen LogP contribution in [0.1, 0.15) is 18.0 Å². The molecule has 1 aliphatic heterocycles. The van der Waals surface area contributed by atoms with E-state index < -0.39 is 0 Å². The molecule has 0 saturated carbocycles. The van der Waals surface area contributed by atoms with Gasteiger partial charge in [0.1, 0.15) is 5.75 Å². The maximum atomic E-state index is 9.60. The van der Waals surface area contributed by atoms with Gasteiger partial charge in [0.2, 0.25) is 0 Å². The van der Waals surface area contributed by atoms with Gasteiger partial charge in [-0.3, -0.25) is 0 Å². The Kier molecular flexibility index (Phi) is 2.37. The zero-order valence-corrected chi connectivity index (χ0v) is 8.36. The summed E-state index contributed by atoms with van der Waals surface area (Å²) in [6.45, 7) is 0.975. The van der Waals surface area contributed by atoms with Gasteiger partial charge in [-0.1, -0.05) is 23.2 Å². The highest BCUT2D eigenvalue weighted by Crippen LogP contribution is 2.38. The van der Waals surface area contributed by atoms with Crippen LogP contribution in [0, 0.1) is 0 Å². The highest BCUT2D eigenvalue weighted by molar-refractivity contribution is 6.35. The quantitative estimate of drug-likeness (QED) is 0.759. The van der Waals surface area contributed by atoms with Crippen molar-refractivity contribution in [1.82, 2.24) is 5.32 Å². The van der Waals surface area contributed by atoms with Crippen LogP contribution in [0.15, 0.2) is 12.1 Å². The van der Waals surface area contributed by atoms with E-state index in [-0.39, 0.29) is 11.8 Å². The SMILES string of the molecule is Oc1cc(Cl)cc(Cl)c1[C@H]1CCN1. The first kappa shape index (κ1) is 9.13. The lowest BCUT2D eigenvalue weighted by Gasteiger charge is -2.29. The molecule has 1 aromatic rings. The number of hydrogen-bond donors (Lipinski definition) is 2. The van der Waals surface area contributed by atoms with Crippen molar-refractivity contribution in [2.75, 3.05) is 6.54 Å². The Morgan fingerprint density at radius 1 is 1.38 bits per heavy atom. The van der Waals surface area contributed by atoms with Gasteiger partial charge in [0, 0.05) is 16.6 Å². The van der Waals surface area contributed by atoms with Crippen molar-refractivity contribution in [2.45, 2.75) is 12.5 Å². The van der Waals surface area contributed by atoms with Crippen LogP contribution >= 0.6 is 23.2 Å². The monoisotopic (exact) mass is 217 g/mol. The van der Waals surface area contributed by atoms with Gasteiger partial charge in [0.15, 0.2) is 0 Å². The van der Waals surface area contributed by atoms with E-state index in [1.165, 1.54) is 6.07 Å². The lowest BCUT2D eigenvalue weighted by molar-refractivity contribution is 0.365. The molecular formula is C9H9Cl2NO. The standard InChI is InChI=1S/C9H9Cl2NO/c10-5-3-6(11)9(8(13)4-5)7-1-2-12-7/h3-4,7,12-13H,1-2H2/t7-/m1/s1. The molecule has 1 aliphatic rings. The average molecular weight is 218 g/mol. The molecule has 1 saturated heterocycles. The fourth-order valence-electron chi connectivity index (χ4n) is 1.45. The zero-order valence-electron chi connectivity index (χ0n) is 6.85. The molecule has 1 heterocycles. The van der Waals surface area contributed by atoms with Crippen molar-refractivity contribution in [1.29, 1.82) is 0 Å². The van der Waals surface area contributed by atoms with Crippen LogP contribution in [0.5, 0.6) is 5.75 Å². The summed E-state index contributed by atoms with van der Waals surface area (Å²) in [6.07, 6.45) is 1.01. The second-order valence-corrected chi connectivity index (χ2v) is 3.96. The first-order chi connectivity index (χ1) is 6.18. The Morgan fingerprint density at radius 2 is 2.08 bits per heavy atom. The van der Waals surface area contributed by atoms with Crippen molar-refractivity contribution in [3.05, 3.63) is 27.7 Å². The molecule has 1 fully saturated rings. The van der Waals surface area contributed by atoms with E-state index in [1.807, 2.05) is 0 Å². The molecule has 0 aromatic heterocycles. The van der Waals surface area contributed by atoms with Gasteiger partial charge in [-0.25, -0.2) is 0 Å². The average Bonchev–Trinajstić information content (AvgIpc) is 1.92. The summed E-state index contributed by atoms with van der Waals surface area (Å²) >= 11 is 11.7. The van der Waals surface area contributed by atoms with Crippen molar-refractivity contribution in [2.24, 2.45) is 0 Å². The van der Waals surface area contributed by atoms with Crippen LogP contribution in [-0.2, 0) is 0 Å². The van der Waals surface area contributed by atoms with Crippen LogP contribution in [-0.4, -0.2) is 11.7 Å². The van der Waals surface area contributed by atoms with Gasteiger partial charge in [-0.15, -0.1) is 0 Å².